The minimum absolute atomic E-state index is 0.308. The molecule has 0 saturated heterocycles. The molecule has 0 spiro atoms. The highest BCUT2D eigenvalue weighted by molar-refractivity contribution is 7.22. The molecule has 1 N–H and O–H groups in total. The lowest BCUT2D eigenvalue weighted by Crippen LogP contribution is -2.05. The zero-order valence-electron chi connectivity index (χ0n) is 15.3. The quantitative estimate of drug-likeness (QED) is 0.402. The van der Waals surface area contributed by atoms with Crippen LogP contribution >= 0.6 is 22.7 Å². The Hall–Kier alpha value is -3.30. The number of carbonyl (C=O) groups excluding carboxylic acids is 1. The molecule has 0 aliphatic carbocycles. The summed E-state index contributed by atoms with van der Waals surface area (Å²) in [4.78, 5) is 25.4. The lowest BCUT2D eigenvalue weighted by atomic mass is 10.3. The SMILES string of the molecule is CCOC(=O)c1csc(-n2ccc3cc(Nc4nc5ccccc5s4)cnc32)n1. The van der Waals surface area contributed by atoms with E-state index in [4.69, 9.17) is 4.74 Å². The highest BCUT2D eigenvalue weighted by atomic mass is 32.1. The summed E-state index contributed by atoms with van der Waals surface area (Å²) in [6.07, 6.45) is 3.66. The van der Waals surface area contributed by atoms with Crippen LogP contribution in [0.5, 0.6) is 0 Å². The van der Waals surface area contributed by atoms with Crippen molar-refractivity contribution in [2.75, 3.05) is 11.9 Å². The minimum Gasteiger partial charge on any atom is -0.461 e. The third kappa shape index (κ3) is 3.34. The van der Waals surface area contributed by atoms with Crippen molar-refractivity contribution < 1.29 is 9.53 Å². The number of aromatic nitrogens is 4. The fourth-order valence-electron chi connectivity index (χ4n) is 2.97. The molecular formula is C20H15N5O2S2. The molecule has 7 nitrogen and oxygen atoms in total. The highest BCUT2D eigenvalue weighted by Crippen LogP contribution is 2.29. The second kappa shape index (κ2) is 7.26. The number of carbonyl (C=O) groups is 1. The number of hydrogen-bond acceptors (Lipinski definition) is 8. The van der Waals surface area contributed by atoms with Gasteiger partial charge in [0.25, 0.3) is 0 Å². The predicted molar refractivity (Wildman–Crippen MR) is 116 cm³/mol. The molecule has 1 aromatic carbocycles. The first-order chi connectivity index (χ1) is 14.2. The molecule has 0 atom stereocenters. The van der Waals surface area contributed by atoms with Gasteiger partial charge in [-0.3, -0.25) is 4.57 Å². The zero-order valence-corrected chi connectivity index (χ0v) is 17.0. The second-order valence-corrected chi connectivity index (χ2v) is 8.04. The van der Waals surface area contributed by atoms with Gasteiger partial charge in [-0.15, -0.1) is 11.3 Å². The number of hydrogen-bond donors (Lipinski definition) is 1. The van der Waals surface area contributed by atoms with Crippen LogP contribution in [0.3, 0.4) is 0 Å². The molecule has 0 amide bonds. The number of rotatable bonds is 5. The lowest BCUT2D eigenvalue weighted by molar-refractivity contribution is 0.0520. The molecule has 0 radical (unpaired) electrons. The summed E-state index contributed by atoms with van der Waals surface area (Å²) in [5.74, 6) is -0.415. The van der Waals surface area contributed by atoms with Crippen LogP contribution in [0, 0.1) is 0 Å². The van der Waals surface area contributed by atoms with Gasteiger partial charge in [0.2, 0.25) is 0 Å². The Morgan fingerprint density at radius 3 is 3.00 bits per heavy atom. The molecule has 0 aliphatic heterocycles. The first kappa shape index (κ1) is 17.8. The smallest absolute Gasteiger partial charge is 0.357 e. The highest BCUT2D eigenvalue weighted by Gasteiger charge is 2.14. The second-order valence-electron chi connectivity index (χ2n) is 6.17. The molecule has 29 heavy (non-hydrogen) atoms. The van der Waals surface area contributed by atoms with Crippen LogP contribution in [-0.4, -0.2) is 32.1 Å². The van der Waals surface area contributed by atoms with Gasteiger partial charge in [-0.1, -0.05) is 23.5 Å². The molecular weight excluding hydrogens is 406 g/mol. The van der Waals surface area contributed by atoms with Gasteiger partial charge in [-0.2, -0.15) is 0 Å². The molecule has 0 fully saturated rings. The van der Waals surface area contributed by atoms with Crippen LogP contribution in [0.15, 0.2) is 54.2 Å². The molecule has 0 saturated carbocycles. The number of para-hydroxylation sites is 1. The van der Waals surface area contributed by atoms with Crippen LogP contribution in [0.4, 0.5) is 10.8 Å². The number of nitrogens with zero attached hydrogens (tertiary/aromatic N) is 4. The number of anilines is 2. The first-order valence-corrected chi connectivity index (χ1v) is 10.6. The molecule has 4 aromatic heterocycles. The lowest BCUT2D eigenvalue weighted by Gasteiger charge is -2.03. The van der Waals surface area contributed by atoms with Crippen molar-refractivity contribution in [1.82, 2.24) is 19.5 Å². The monoisotopic (exact) mass is 421 g/mol. The van der Waals surface area contributed by atoms with Crippen LogP contribution in [0.2, 0.25) is 0 Å². The summed E-state index contributed by atoms with van der Waals surface area (Å²) < 4.78 is 8.01. The molecule has 9 heteroatoms. The maximum Gasteiger partial charge on any atom is 0.357 e. The van der Waals surface area contributed by atoms with Gasteiger partial charge < -0.3 is 10.1 Å². The number of benzene rings is 1. The van der Waals surface area contributed by atoms with Crippen molar-refractivity contribution in [1.29, 1.82) is 0 Å². The van der Waals surface area contributed by atoms with Gasteiger partial charge in [0, 0.05) is 17.0 Å². The number of esters is 1. The predicted octanol–water partition coefficient (Wildman–Crippen LogP) is 5.01. The minimum atomic E-state index is -0.415. The average Bonchev–Trinajstić information content (AvgIpc) is 3.45. The third-order valence-electron chi connectivity index (χ3n) is 4.25. The first-order valence-electron chi connectivity index (χ1n) is 8.94. The van der Waals surface area contributed by atoms with Crippen LogP contribution in [-0.2, 0) is 4.74 Å². The molecule has 5 aromatic rings. The van der Waals surface area contributed by atoms with Crippen molar-refractivity contribution >= 4 is 60.7 Å². The number of ether oxygens (including phenoxy) is 1. The fourth-order valence-corrected chi connectivity index (χ4v) is 4.63. The van der Waals surface area contributed by atoms with Gasteiger partial charge in [-0.05, 0) is 31.2 Å². The third-order valence-corrected chi connectivity index (χ3v) is 6.05. The Labute approximate surface area is 173 Å². The van der Waals surface area contributed by atoms with E-state index in [-0.39, 0.29) is 0 Å². The van der Waals surface area contributed by atoms with E-state index in [1.807, 2.05) is 41.1 Å². The molecule has 0 unspecified atom stereocenters. The summed E-state index contributed by atoms with van der Waals surface area (Å²) in [6.45, 7) is 2.10. The molecule has 5 rings (SSSR count). The maximum atomic E-state index is 11.9. The number of nitrogens with one attached hydrogen (secondary N) is 1. The van der Waals surface area contributed by atoms with E-state index in [1.165, 1.54) is 11.3 Å². The van der Waals surface area contributed by atoms with Gasteiger partial charge in [0.1, 0.15) is 5.65 Å². The van der Waals surface area contributed by atoms with E-state index in [0.717, 1.165) is 32.1 Å². The fraction of sp³-hybridized carbons (Fsp3) is 0.100. The largest absolute Gasteiger partial charge is 0.461 e. The van der Waals surface area contributed by atoms with Crippen molar-refractivity contribution in [3.05, 3.63) is 59.9 Å². The van der Waals surface area contributed by atoms with Crippen molar-refractivity contribution in [3.63, 3.8) is 0 Å². The van der Waals surface area contributed by atoms with E-state index in [1.54, 1.807) is 29.8 Å². The maximum absolute atomic E-state index is 11.9. The molecule has 144 valence electrons. The normalized spacial score (nSPS) is 11.2. The number of fused-ring (bicyclic) bond motifs is 2. The van der Waals surface area contributed by atoms with Crippen molar-refractivity contribution in [2.24, 2.45) is 0 Å². The van der Waals surface area contributed by atoms with Gasteiger partial charge in [0.15, 0.2) is 16.0 Å². The number of thiazole rings is 2. The summed E-state index contributed by atoms with van der Waals surface area (Å²) in [5, 5.41) is 7.48. The van der Waals surface area contributed by atoms with Gasteiger partial charge in [-0.25, -0.2) is 19.7 Å². The average molecular weight is 422 g/mol. The van der Waals surface area contributed by atoms with Crippen LogP contribution < -0.4 is 5.32 Å². The summed E-state index contributed by atoms with van der Waals surface area (Å²) in [5.41, 5.74) is 2.91. The summed E-state index contributed by atoms with van der Waals surface area (Å²) >= 11 is 2.97. The van der Waals surface area contributed by atoms with Crippen LogP contribution in [0.25, 0.3) is 26.4 Å². The Morgan fingerprint density at radius 1 is 1.24 bits per heavy atom. The number of pyridine rings is 1. The van der Waals surface area contributed by atoms with Crippen LogP contribution in [0.1, 0.15) is 17.4 Å². The van der Waals surface area contributed by atoms with Crippen molar-refractivity contribution in [3.8, 4) is 5.13 Å². The van der Waals surface area contributed by atoms with E-state index in [2.05, 4.69) is 26.3 Å². The van der Waals surface area contributed by atoms with Crippen molar-refractivity contribution in [2.45, 2.75) is 6.92 Å². The van der Waals surface area contributed by atoms with E-state index in [0.29, 0.717) is 17.4 Å². The Kier molecular flexibility index (Phi) is 4.45. The van der Waals surface area contributed by atoms with E-state index in [9.17, 15) is 4.79 Å². The Morgan fingerprint density at radius 2 is 2.14 bits per heavy atom. The van der Waals surface area contributed by atoms with Gasteiger partial charge >= 0.3 is 5.97 Å². The standard InChI is InChI=1S/C20H15N5O2S2/c1-2-27-18(26)15-11-28-20(24-15)25-8-7-12-9-13(10-21-17(12)25)22-19-23-14-5-3-4-6-16(14)29-19/h3-11H,2H2,1H3,(H,22,23). The van der Waals surface area contributed by atoms with Gasteiger partial charge in [0.05, 0.1) is 28.7 Å². The molecule has 0 aliphatic rings. The Bertz CT molecular complexity index is 1300. The molecule has 0 bridgehead atoms. The summed E-state index contributed by atoms with van der Waals surface area (Å²) in [7, 11) is 0. The van der Waals surface area contributed by atoms with E-state index < -0.39 is 5.97 Å². The summed E-state index contributed by atoms with van der Waals surface area (Å²) in [6, 6.07) is 12.0. The topological polar surface area (TPSA) is 81.9 Å². The van der Waals surface area contributed by atoms with E-state index >= 15 is 0 Å². The Balaban J connectivity index is 1.43. The molecule has 4 heterocycles. The zero-order chi connectivity index (χ0) is 19.8.